The van der Waals surface area contributed by atoms with Crippen molar-refractivity contribution in [2.75, 3.05) is 6.73 Å². The molecule has 3 nitrogen and oxygen atoms in total. The summed E-state index contributed by atoms with van der Waals surface area (Å²) in [6, 6.07) is 4.23. The van der Waals surface area contributed by atoms with E-state index in [0.29, 0.717) is 12.3 Å². The summed E-state index contributed by atoms with van der Waals surface area (Å²) in [7, 11) is 0. The summed E-state index contributed by atoms with van der Waals surface area (Å²) in [6.07, 6.45) is 0. The van der Waals surface area contributed by atoms with Crippen molar-refractivity contribution in [2.24, 2.45) is 0 Å². The molecule has 0 radical (unpaired) electrons. The van der Waals surface area contributed by atoms with Crippen molar-refractivity contribution in [3.8, 4) is 5.75 Å². The van der Waals surface area contributed by atoms with Crippen LogP contribution in [0.15, 0.2) is 18.2 Å². The van der Waals surface area contributed by atoms with Crippen molar-refractivity contribution in [2.45, 2.75) is 6.54 Å². The minimum Gasteiger partial charge on any atom is -0.632 e. The number of nitrogens with one attached hydrogen (secondary N) is 1. The van der Waals surface area contributed by atoms with Gasteiger partial charge in [-0.1, -0.05) is 0 Å². The Labute approximate surface area is 68.9 Å². The van der Waals surface area contributed by atoms with Gasteiger partial charge in [0.2, 0.25) is 6.73 Å². The summed E-state index contributed by atoms with van der Waals surface area (Å²) >= 11 is 0. The molecule has 4 heteroatoms. The highest BCUT2D eigenvalue weighted by atomic mass is 19.1. The van der Waals surface area contributed by atoms with Crippen LogP contribution in [0.3, 0.4) is 0 Å². The van der Waals surface area contributed by atoms with Crippen LogP contribution >= 0.6 is 0 Å². The number of hydrogen-bond donors (Lipinski definition) is 1. The van der Waals surface area contributed by atoms with Crippen molar-refractivity contribution >= 4 is 0 Å². The van der Waals surface area contributed by atoms with E-state index in [1.54, 1.807) is 6.07 Å². The number of quaternary nitrogens is 1. The summed E-state index contributed by atoms with van der Waals surface area (Å²) in [5, 5.41) is 10.9. The van der Waals surface area contributed by atoms with Crippen LogP contribution < -0.4 is 9.80 Å². The Morgan fingerprint density at radius 3 is 3.17 bits per heavy atom. The molecule has 1 N–H and O–H groups in total. The lowest BCUT2D eigenvalue weighted by atomic mass is 10.2. The minimum absolute atomic E-state index is 0.0362. The molecule has 0 amide bonds. The number of hydroxylamine groups is 2. The Balaban J connectivity index is 2.37. The van der Waals surface area contributed by atoms with Gasteiger partial charge in [0, 0.05) is 11.6 Å². The third-order valence-corrected chi connectivity index (χ3v) is 1.81. The van der Waals surface area contributed by atoms with E-state index in [9.17, 15) is 9.60 Å². The van der Waals surface area contributed by atoms with Gasteiger partial charge in [-0.3, -0.25) is 0 Å². The normalized spacial score (nSPS) is 21.3. The molecule has 0 saturated carbocycles. The number of rotatable bonds is 0. The van der Waals surface area contributed by atoms with Gasteiger partial charge in [-0.05, 0) is 12.1 Å². The van der Waals surface area contributed by atoms with Crippen LogP contribution in [0.5, 0.6) is 5.75 Å². The van der Waals surface area contributed by atoms with E-state index in [0.717, 1.165) is 5.56 Å². The highest BCUT2D eigenvalue weighted by molar-refractivity contribution is 5.33. The van der Waals surface area contributed by atoms with Crippen LogP contribution in [0.2, 0.25) is 0 Å². The van der Waals surface area contributed by atoms with Gasteiger partial charge in [-0.2, -0.15) is 0 Å². The summed E-state index contributed by atoms with van der Waals surface area (Å²) < 4.78 is 17.7. The van der Waals surface area contributed by atoms with Crippen LogP contribution in [0.25, 0.3) is 0 Å². The van der Waals surface area contributed by atoms with Crippen molar-refractivity contribution in [1.29, 1.82) is 0 Å². The van der Waals surface area contributed by atoms with Crippen molar-refractivity contribution in [3.63, 3.8) is 0 Å². The Hall–Kier alpha value is -1.13. The van der Waals surface area contributed by atoms with E-state index in [1.807, 2.05) is 0 Å². The average Bonchev–Trinajstić information content (AvgIpc) is 2.05. The maximum absolute atomic E-state index is 12.6. The zero-order valence-corrected chi connectivity index (χ0v) is 6.34. The number of halogens is 1. The molecule has 0 fully saturated rings. The number of fused-ring (bicyclic) bond motifs is 1. The van der Waals surface area contributed by atoms with Crippen LogP contribution in [0, 0.1) is 11.0 Å². The molecule has 1 atom stereocenters. The van der Waals surface area contributed by atoms with E-state index in [-0.39, 0.29) is 17.6 Å². The summed E-state index contributed by atoms with van der Waals surface area (Å²) in [6.45, 7) is 0.423. The van der Waals surface area contributed by atoms with Crippen LogP contribution in [0.4, 0.5) is 4.39 Å². The maximum Gasteiger partial charge on any atom is 0.222 e. The van der Waals surface area contributed by atoms with Gasteiger partial charge in [-0.25, -0.2) is 4.39 Å². The third kappa shape index (κ3) is 1.26. The van der Waals surface area contributed by atoms with Gasteiger partial charge in [0.05, 0.1) is 0 Å². The summed E-state index contributed by atoms with van der Waals surface area (Å²) in [4.78, 5) is 0. The zero-order chi connectivity index (χ0) is 8.55. The molecule has 2 rings (SSSR count). The fourth-order valence-electron chi connectivity index (χ4n) is 1.23. The van der Waals surface area contributed by atoms with Crippen LogP contribution in [-0.4, -0.2) is 6.73 Å². The van der Waals surface area contributed by atoms with Gasteiger partial charge >= 0.3 is 0 Å². The number of benzene rings is 1. The number of hydrogen-bond acceptors (Lipinski definition) is 2. The average molecular weight is 169 g/mol. The number of ether oxygens (including phenoxy) is 1. The lowest BCUT2D eigenvalue weighted by Crippen LogP contribution is -3.07. The van der Waals surface area contributed by atoms with Gasteiger partial charge < -0.3 is 15.0 Å². The van der Waals surface area contributed by atoms with Gasteiger partial charge in [0.25, 0.3) is 0 Å². The van der Waals surface area contributed by atoms with Gasteiger partial charge in [-0.15, -0.1) is 0 Å². The standard InChI is InChI=1S/C8H8FNO2/c9-7-2-1-6-4-10(11)5-12-8(6)3-7/h1-3,10H,4-5H2. The quantitative estimate of drug-likeness (QED) is 0.557. The molecule has 12 heavy (non-hydrogen) atoms. The molecular formula is C8H8FNO2. The van der Waals surface area contributed by atoms with E-state index < -0.39 is 0 Å². The largest absolute Gasteiger partial charge is 0.632 e. The second-order valence-corrected chi connectivity index (χ2v) is 2.76. The van der Waals surface area contributed by atoms with Gasteiger partial charge in [0.15, 0.2) is 0 Å². The topological polar surface area (TPSA) is 36.7 Å². The fraction of sp³-hybridized carbons (Fsp3) is 0.250. The Kier molecular flexibility index (Phi) is 1.71. The second kappa shape index (κ2) is 2.73. The van der Waals surface area contributed by atoms with Crippen molar-refractivity contribution in [1.82, 2.24) is 0 Å². The molecule has 0 spiro atoms. The molecule has 1 aliphatic rings. The Morgan fingerprint density at radius 2 is 2.33 bits per heavy atom. The first-order chi connectivity index (χ1) is 5.75. The first-order valence-electron chi connectivity index (χ1n) is 3.68. The van der Waals surface area contributed by atoms with E-state index in [4.69, 9.17) is 4.74 Å². The molecule has 1 aromatic carbocycles. The molecule has 0 bridgehead atoms. The van der Waals surface area contributed by atoms with Crippen LogP contribution in [-0.2, 0) is 6.54 Å². The van der Waals surface area contributed by atoms with E-state index in [1.165, 1.54) is 12.1 Å². The molecule has 0 aliphatic carbocycles. The molecule has 1 heterocycles. The SMILES string of the molecule is [O-][NH+]1COc2cc(F)ccc2C1. The smallest absolute Gasteiger partial charge is 0.222 e. The first kappa shape index (κ1) is 7.52. The molecule has 64 valence electrons. The van der Waals surface area contributed by atoms with Crippen molar-refractivity contribution in [3.05, 3.63) is 34.8 Å². The molecule has 1 aromatic rings. The van der Waals surface area contributed by atoms with Gasteiger partial charge in [0.1, 0.15) is 18.1 Å². The van der Waals surface area contributed by atoms with E-state index >= 15 is 0 Å². The highest BCUT2D eigenvalue weighted by Crippen LogP contribution is 2.20. The molecule has 1 unspecified atom stereocenters. The van der Waals surface area contributed by atoms with Crippen molar-refractivity contribution < 1.29 is 14.2 Å². The maximum atomic E-state index is 12.6. The Morgan fingerprint density at radius 1 is 1.50 bits per heavy atom. The highest BCUT2D eigenvalue weighted by Gasteiger charge is 2.14. The summed E-state index contributed by atoms with van der Waals surface area (Å²) in [5.41, 5.74) is 0.771. The summed E-state index contributed by atoms with van der Waals surface area (Å²) in [5.74, 6) is 0.165. The lowest BCUT2D eigenvalue weighted by molar-refractivity contribution is -0.883. The van der Waals surface area contributed by atoms with Crippen LogP contribution in [0.1, 0.15) is 5.56 Å². The molecule has 0 saturated heterocycles. The minimum atomic E-state index is -0.330. The second-order valence-electron chi connectivity index (χ2n) is 2.76. The predicted molar refractivity (Wildman–Crippen MR) is 39.9 cm³/mol. The fourth-order valence-corrected chi connectivity index (χ4v) is 1.23. The van der Waals surface area contributed by atoms with E-state index in [2.05, 4.69) is 0 Å². The Bertz CT molecular complexity index is 303. The zero-order valence-electron chi connectivity index (χ0n) is 6.34. The predicted octanol–water partition coefficient (Wildman–Crippen LogP) is 0.0583. The molecule has 1 aliphatic heterocycles. The molecular weight excluding hydrogens is 161 g/mol. The lowest BCUT2D eigenvalue weighted by Gasteiger charge is -2.28. The molecule has 0 aromatic heterocycles. The monoisotopic (exact) mass is 169 g/mol. The third-order valence-electron chi connectivity index (χ3n) is 1.81. The first-order valence-corrected chi connectivity index (χ1v) is 3.68.